The summed E-state index contributed by atoms with van der Waals surface area (Å²) in [6, 6.07) is 11.5. The predicted octanol–water partition coefficient (Wildman–Crippen LogP) is 1.70. The summed E-state index contributed by atoms with van der Waals surface area (Å²) < 4.78 is 6.95. The highest BCUT2D eigenvalue weighted by Gasteiger charge is 2.38. The Kier molecular flexibility index (Phi) is 3.56. The number of cyclic esters (lactones) is 1. The Morgan fingerprint density at radius 2 is 2.00 bits per heavy atom. The van der Waals surface area contributed by atoms with Crippen molar-refractivity contribution < 1.29 is 14.3 Å². The zero-order valence-electron chi connectivity index (χ0n) is 14.5. The van der Waals surface area contributed by atoms with Crippen molar-refractivity contribution in [2.45, 2.75) is 6.04 Å². The second-order valence-electron chi connectivity index (χ2n) is 6.69. The number of ether oxygens (including phenoxy) is 1. The topological polar surface area (TPSA) is 80.6 Å². The average molecular weight is 363 g/mol. The number of hydrogen-bond acceptors (Lipinski definition) is 5. The van der Waals surface area contributed by atoms with E-state index in [1.165, 1.54) is 0 Å². The molecule has 1 unspecified atom stereocenters. The maximum atomic E-state index is 12.9. The Morgan fingerprint density at radius 1 is 1.15 bits per heavy atom. The van der Waals surface area contributed by atoms with Crippen molar-refractivity contribution in [1.82, 2.24) is 24.3 Å². The first-order chi connectivity index (χ1) is 13.2. The van der Waals surface area contributed by atoms with Gasteiger partial charge >= 0.3 is 6.09 Å². The quantitative estimate of drug-likeness (QED) is 0.692. The van der Waals surface area contributed by atoms with Gasteiger partial charge in [0.05, 0.1) is 11.6 Å². The molecule has 0 aliphatic carbocycles. The number of carbonyl (C=O) groups is 2. The van der Waals surface area contributed by atoms with Crippen LogP contribution in [0, 0.1) is 0 Å². The van der Waals surface area contributed by atoms with Gasteiger partial charge in [-0.2, -0.15) is 0 Å². The largest absolute Gasteiger partial charge is 0.447 e. The third kappa shape index (κ3) is 2.61. The highest BCUT2D eigenvalue weighted by molar-refractivity contribution is 5.96. The van der Waals surface area contributed by atoms with E-state index in [-0.39, 0.29) is 18.0 Å². The minimum Gasteiger partial charge on any atom is -0.447 e. The van der Waals surface area contributed by atoms with Crippen LogP contribution in [-0.2, 0) is 4.74 Å². The number of carbonyl (C=O) groups excluding carboxylic acids is 2. The average Bonchev–Trinajstić information content (AvgIpc) is 3.31. The summed E-state index contributed by atoms with van der Waals surface area (Å²) in [6.45, 7) is 1.79. The van der Waals surface area contributed by atoms with Gasteiger partial charge in [0, 0.05) is 31.5 Å². The monoisotopic (exact) mass is 363 g/mol. The number of benzene rings is 1. The Bertz CT molecular complexity index is 1030. The third-order valence-corrected chi connectivity index (χ3v) is 5.07. The fourth-order valence-electron chi connectivity index (χ4n) is 3.65. The molecule has 2 saturated heterocycles. The summed E-state index contributed by atoms with van der Waals surface area (Å²) in [7, 11) is 0. The van der Waals surface area contributed by atoms with Crippen LogP contribution in [0.15, 0.2) is 48.9 Å². The van der Waals surface area contributed by atoms with E-state index in [1.54, 1.807) is 28.4 Å². The van der Waals surface area contributed by atoms with Gasteiger partial charge in [-0.05, 0) is 18.2 Å². The number of piperazine rings is 1. The van der Waals surface area contributed by atoms with E-state index in [0.29, 0.717) is 43.0 Å². The summed E-state index contributed by atoms with van der Waals surface area (Å²) in [4.78, 5) is 36.8. The Labute approximate surface area is 155 Å². The van der Waals surface area contributed by atoms with E-state index in [0.717, 1.165) is 5.69 Å². The molecule has 8 heteroatoms. The molecule has 1 aromatic carbocycles. The van der Waals surface area contributed by atoms with E-state index >= 15 is 0 Å². The van der Waals surface area contributed by atoms with Crippen molar-refractivity contribution in [2.75, 3.05) is 26.2 Å². The van der Waals surface area contributed by atoms with Crippen LogP contribution in [0.2, 0.25) is 0 Å². The van der Waals surface area contributed by atoms with E-state index in [2.05, 4.69) is 9.97 Å². The highest BCUT2D eigenvalue weighted by atomic mass is 16.6. The zero-order valence-corrected chi connectivity index (χ0v) is 14.5. The van der Waals surface area contributed by atoms with Crippen molar-refractivity contribution in [2.24, 2.45) is 0 Å². The summed E-state index contributed by atoms with van der Waals surface area (Å²) >= 11 is 0. The van der Waals surface area contributed by atoms with Crippen molar-refractivity contribution >= 4 is 23.2 Å². The van der Waals surface area contributed by atoms with Gasteiger partial charge in [-0.25, -0.2) is 14.8 Å². The van der Waals surface area contributed by atoms with Crippen LogP contribution < -0.4 is 0 Å². The van der Waals surface area contributed by atoms with Gasteiger partial charge in [-0.15, -0.1) is 0 Å². The first-order valence-electron chi connectivity index (χ1n) is 8.82. The lowest BCUT2D eigenvalue weighted by molar-refractivity contribution is 0.0616. The molecule has 8 nitrogen and oxygen atoms in total. The van der Waals surface area contributed by atoms with Gasteiger partial charge < -0.3 is 9.64 Å². The number of pyridine rings is 1. The maximum absolute atomic E-state index is 12.9. The SMILES string of the molecule is O=C(c1cnc2c(c1)ncn2-c1ccccc1)N1CCN2C(=O)OCC2C1. The summed E-state index contributed by atoms with van der Waals surface area (Å²) in [5.74, 6) is -0.0994. The van der Waals surface area contributed by atoms with Gasteiger partial charge in [-0.1, -0.05) is 18.2 Å². The molecule has 2 aliphatic heterocycles. The number of nitrogens with zero attached hydrogens (tertiary/aromatic N) is 5. The minimum absolute atomic E-state index is 0.0656. The fourth-order valence-corrected chi connectivity index (χ4v) is 3.65. The van der Waals surface area contributed by atoms with Crippen LogP contribution in [0.4, 0.5) is 4.79 Å². The Morgan fingerprint density at radius 3 is 2.85 bits per heavy atom. The summed E-state index contributed by atoms with van der Waals surface area (Å²) in [5, 5.41) is 0. The molecule has 2 fully saturated rings. The molecule has 3 aromatic rings. The number of fused-ring (bicyclic) bond motifs is 2. The van der Waals surface area contributed by atoms with Gasteiger partial charge in [0.15, 0.2) is 5.65 Å². The van der Waals surface area contributed by atoms with Crippen molar-refractivity contribution in [3.63, 3.8) is 0 Å². The van der Waals surface area contributed by atoms with E-state index in [4.69, 9.17) is 4.74 Å². The molecule has 4 heterocycles. The van der Waals surface area contributed by atoms with Gasteiger partial charge in [0.25, 0.3) is 5.91 Å². The lowest BCUT2D eigenvalue weighted by Gasteiger charge is -2.35. The second-order valence-corrected chi connectivity index (χ2v) is 6.69. The molecule has 2 aromatic heterocycles. The molecule has 0 bridgehead atoms. The molecular weight excluding hydrogens is 346 g/mol. The molecule has 0 spiro atoms. The zero-order chi connectivity index (χ0) is 18.4. The van der Waals surface area contributed by atoms with Crippen LogP contribution in [0.3, 0.4) is 0 Å². The van der Waals surface area contributed by atoms with E-state index in [9.17, 15) is 9.59 Å². The molecule has 2 aliphatic rings. The van der Waals surface area contributed by atoms with Crippen LogP contribution >= 0.6 is 0 Å². The van der Waals surface area contributed by atoms with Crippen LogP contribution in [0.5, 0.6) is 0 Å². The summed E-state index contributed by atoms with van der Waals surface area (Å²) in [5.41, 5.74) is 2.84. The number of hydrogen-bond donors (Lipinski definition) is 0. The van der Waals surface area contributed by atoms with Gasteiger partial charge in [0.2, 0.25) is 0 Å². The number of rotatable bonds is 2. The van der Waals surface area contributed by atoms with Gasteiger partial charge in [-0.3, -0.25) is 14.3 Å². The third-order valence-electron chi connectivity index (χ3n) is 5.07. The Hall–Kier alpha value is -3.42. The van der Waals surface area contributed by atoms with Crippen molar-refractivity contribution in [3.05, 3.63) is 54.5 Å². The molecule has 5 rings (SSSR count). The minimum atomic E-state index is -0.290. The lowest BCUT2D eigenvalue weighted by Crippen LogP contribution is -2.53. The van der Waals surface area contributed by atoms with Crippen molar-refractivity contribution in [3.8, 4) is 5.69 Å². The normalized spacial score (nSPS) is 19.3. The molecule has 1 atom stereocenters. The second kappa shape index (κ2) is 6.08. The molecule has 27 heavy (non-hydrogen) atoms. The van der Waals surface area contributed by atoms with E-state index in [1.807, 2.05) is 34.9 Å². The lowest BCUT2D eigenvalue weighted by atomic mass is 10.1. The molecule has 0 radical (unpaired) electrons. The Balaban J connectivity index is 1.41. The number of imidazole rings is 1. The molecule has 0 N–H and O–H groups in total. The molecule has 2 amide bonds. The smallest absolute Gasteiger partial charge is 0.410 e. The fraction of sp³-hybridized carbons (Fsp3) is 0.263. The maximum Gasteiger partial charge on any atom is 0.410 e. The standard InChI is InChI=1S/C19H17N5O3/c25-18(22-6-7-23-15(10-22)11-27-19(23)26)13-8-16-17(20-9-13)24(12-21-16)14-4-2-1-3-5-14/h1-5,8-9,12,15H,6-7,10-11H2. The first-order valence-corrected chi connectivity index (χ1v) is 8.82. The highest BCUT2D eigenvalue weighted by Crippen LogP contribution is 2.21. The number of amides is 2. The molecule has 0 saturated carbocycles. The number of para-hydroxylation sites is 1. The first kappa shape index (κ1) is 15.8. The van der Waals surface area contributed by atoms with Crippen molar-refractivity contribution in [1.29, 1.82) is 0 Å². The predicted molar refractivity (Wildman–Crippen MR) is 96.6 cm³/mol. The molecule has 136 valence electrons. The molecular formula is C19H17N5O3. The van der Waals surface area contributed by atoms with Gasteiger partial charge in [0.1, 0.15) is 18.5 Å². The van der Waals surface area contributed by atoms with E-state index < -0.39 is 0 Å². The van der Waals surface area contributed by atoms with Crippen LogP contribution in [0.1, 0.15) is 10.4 Å². The van der Waals surface area contributed by atoms with Crippen LogP contribution in [0.25, 0.3) is 16.9 Å². The van der Waals surface area contributed by atoms with Crippen LogP contribution in [-0.4, -0.2) is 68.6 Å². The summed E-state index contributed by atoms with van der Waals surface area (Å²) in [6.07, 6.45) is 3.01. The number of aromatic nitrogens is 3.